The van der Waals surface area contributed by atoms with Gasteiger partial charge in [-0.15, -0.1) is 0 Å². The molecule has 0 unspecified atom stereocenters. The summed E-state index contributed by atoms with van der Waals surface area (Å²) in [6, 6.07) is 11.9. The van der Waals surface area contributed by atoms with Crippen molar-refractivity contribution in [1.29, 1.82) is 0 Å². The Morgan fingerprint density at radius 1 is 1.04 bits per heavy atom. The molecule has 142 valence electrons. The van der Waals surface area contributed by atoms with Crippen LogP contribution in [-0.4, -0.2) is 24.7 Å². The number of hydrogen-bond acceptors (Lipinski definition) is 3. The standard InChI is InChI=1S/C21H25N3O2S/c1-14-10-15(2)12-17(11-14)23-21(27)22-16-7-8-19(26-3)18(13-16)24-9-5-4-6-20(24)25/h7-8,10-13H,4-6,9H2,1-3H3,(H2,22,23,27). The molecule has 1 aliphatic rings. The molecule has 27 heavy (non-hydrogen) atoms. The van der Waals surface area contributed by atoms with E-state index in [-0.39, 0.29) is 5.91 Å². The highest BCUT2D eigenvalue weighted by atomic mass is 32.1. The van der Waals surface area contributed by atoms with Gasteiger partial charge in [-0.05, 0) is 80.4 Å². The van der Waals surface area contributed by atoms with Crippen molar-refractivity contribution >= 4 is 40.3 Å². The summed E-state index contributed by atoms with van der Waals surface area (Å²) in [5.41, 5.74) is 4.89. The van der Waals surface area contributed by atoms with E-state index < -0.39 is 0 Å². The number of thiocarbonyl (C=S) groups is 1. The van der Waals surface area contributed by atoms with Crippen molar-refractivity contribution < 1.29 is 9.53 Å². The number of benzene rings is 2. The largest absolute Gasteiger partial charge is 0.495 e. The zero-order valence-electron chi connectivity index (χ0n) is 16.0. The molecular weight excluding hydrogens is 358 g/mol. The number of piperidine rings is 1. The number of ether oxygens (including phenoxy) is 1. The molecule has 5 nitrogen and oxygen atoms in total. The van der Waals surface area contributed by atoms with E-state index in [1.54, 1.807) is 12.0 Å². The first kappa shape index (κ1) is 19.2. The van der Waals surface area contributed by atoms with Gasteiger partial charge in [0.05, 0.1) is 12.8 Å². The van der Waals surface area contributed by atoms with Gasteiger partial charge in [0.2, 0.25) is 5.91 Å². The molecule has 0 aromatic heterocycles. The quantitative estimate of drug-likeness (QED) is 0.754. The summed E-state index contributed by atoms with van der Waals surface area (Å²) in [5, 5.41) is 6.92. The van der Waals surface area contributed by atoms with Crippen molar-refractivity contribution in [2.24, 2.45) is 0 Å². The van der Waals surface area contributed by atoms with Crippen LogP contribution < -0.4 is 20.3 Å². The Morgan fingerprint density at radius 2 is 1.74 bits per heavy atom. The third kappa shape index (κ3) is 4.77. The van der Waals surface area contributed by atoms with Crippen LogP contribution >= 0.6 is 12.2 Å². The van der Waals surface area contributed by atoms with E-state index in [0.29, 0.717) is 23.8 Å². The van der Waals surface area contributed by atoms with Gasteiger partial charge < -0.3 is 20.3 Å². The minimum atomic E-state index is 0.132. The fourth-order valence-corrected chi connectivity index (χ4v) is 3.62. The van der Waals surface area contributed by atoms with Crippen LogP contribution in [0.5, 0.6) is 5.75 Å². The second-order valence-corrected chi connectivity index (χ2v) is 7.25. The predicted octanol–water partition coefficient (Wildman–Crippen LogP) is 4.64. The summed E-state index contributed by atoms with van der Waals surface area (Å²) in [4.78, 5) is 14.1. The number of rotatable bonds is 4. The van der Waals surface area contributed by atoms with Crippen molar-refractivity contribution in [3.8, 4) is 5.75 Å². The molecule has 0 saturated carbocycles. The first-order chi connectivity index (χ1) is 13.0. The van der Waals surface area contributed by atoms with Crippen molar-refractivity contribution in [2.45, 2.75) is 33.1 Å². The van der Waals surface area contributed by atoms with Crippen LogP contribution in [0.2, 0.25) is 0 Å². The highest BCUT2D eigenvalue weighted by Crippen LogP contribution is 2.33. The van der Waals surface area contributed by atoms with E-state index in [2.05, 4.69) is 30.5 Å². The molecule has 2 N–H and O–H groups in total. The maximum Gasteiger partial charge on any atom is 0.227 e. The van der Waals surface area contributed by atoms with Gasteiger partial charge in [-0.25, -0.2) is 0 Å². The van der Waals surface area contributed by atoms with Gasteiger partial charge in [-0.2, -0.15) is 0 Å². The van der Waals surface area contributed by atoms with Gasteiger partial charge in [0.1, 0.15) is 5.75 Å². The van der Waals surface area contributed by atoms with E-state index in [9.17, 15) is 4.79 Å². The van der Waals surface area contributed by atoms with Gasteiger partial charge in [0.15, 0.2) is 5.11 Å². The van der Waals surface area contributed by atoms with Crippen molar-refractivity contribution in [2.75, 3.05) is 29.2 Å². The molecule has 0 aliphatic carbocycles. The molecule has 0 spiro atoms. The van der Waals surface area contributed by atoms with Crippen LogP contribution in [0.15, 0.2) is 36.4 Å². The number of hydrogen-bond donors (Lipinski definition) is 2. The molecule has 3 rings (SSSR count). The number of aryl methyl sites for hydroxylation is 2. The van der Waals surface area contributed by atoms with Crippen LogP contribution in [0.4, 0.5) is 17.1 Å². The molecule has 1 saturated heterocycles. The lowest BCUT2D eigenvalue weighted by Gasteiger charge is -2.28. The van der Waals surface area contributed by atoms with Crippen LogP contribution in [-0.2, 0) is 4.79 Å². The monoisotopic (exact) mass is 383 g/mol. The predicted molar refractivity (Wildman–Crippen MR) is 115 cm³/mol. The molecule has 1 heterocycles. The van der Waals surface area contributed by atoms with E-state index in [1.165, 1.54) is 11.1 Å². The number of carbonyl (C=O) groups excluding carboxylic acids is 1. The first-order valence-electron chi connectivity index (χ1n) is 9.11. The number of anilines is 3. The summed E-state index contributed by atoms with van der Waals surface area (Å²) in [5.74, 6) is 0.816. The number of amides is 1. The molecule has 0 radical (unpaired) electrons. The third-order valence-electron chi connectivity index (χ3n) is 4.53. The van der Waals surface area contributed by atoms with E-state index in [1.807, 2.05) is 30.3 Å². The second-order valence-electron chi connectivity index (χ2n) is 6.84. The average Bonchev–Trinajstić information content (AvgIpc) is 2.61. The van der Waals surface area contributed by atoms with Gasteiger partial charge in [-0.3, -0.25) is 4.79 Å². The SMILES string of the molecule is COc1ccc(NC(=S)Nc2cc(C)cc(C)c2)cc1N1CCCCC1=O. The van der Waals surface area contributed by atoms with E-state index in [0.717, 1.165) is 29.9 Å². The molecule has 0 atom stereocenters. The van der Waals surface area contributed by atoms with Crippen LogP contribution in [0, 0.1) is 13.8 Å². The Balaban J connectivity index is 1.77. The first-order valence-corrected chi connectivity index (χ1v) is 9.52. The Kier molecular flexibility index (Phi) is 5.96. The van der Waals surface area contributed by atoms with Gasteiger partial charge in [-0.1, -0.05) is 6.07 Å². The maximum atomic E-state index is 12.3. The van der Waals surface area contributed by atoms with E-state index in [4.69, 9.17) is 17.0 Å². The maximum absolute atomic E-state index is 12.3. The Bertz CT molecular complexity index is 846. The smallest absolute Gasteiger partial charge is 0.227 e. The lowest BCUT2D eigenvalue weighted by Crippen LogP contribution is -2.35. The zero-order valence-corrected chi connectivity index (χ0v) is 16.8. The Labute approximate surface area is 165 Å². The van der Waals surface area contributed by atoms with Crippen LogP contribution in [0.1, 0.15) is 30.4 Å². The number of carbonyl (C=O) groups is 1. The van der Waals surface area contributed by atoms with Crippen LogP contribution in [0.25, 0.3) is 0 Å². The Hall–Kier alpha value is -2.60. The third-order valence-corrected chi connectivity index (χ3v) is 4.73. The summed E-state index contributed by atoms with van der Waals surface area (Å²) in [7, 11) is 1.62. The van der Waals surface area contributed by atoms with Crippen molar-refractivity contribution in [3.63, 3.8) is 0 Å². The molecule has 1 aliphatic heterocycles. The minimum Gasteiger partial charge on any atom is -0.495 e. The number of nitrogens with one attached hydrogen (secondary N) is 2. The number of methoxy groups -OCH3 is 1. The second kappa shape index (κ2) is 8.39. The zero-order chi connectivity index (χ0) is 19.4. The Morgan fingerprint density at radius 3 is 2.41 bits per heavy atom. The summed E-state index contributed by atoms with van der Waals surface area (Å²) < 4.78 is 5.46. The van der Waals surface area contributed by atoms with Gasteiger partial charge in [0.25, 0.3) is 0 Å². The van der Waals surface area contributed by atoms with Gasteiger partial charge in [0, 0.05) is 24.3 Å². The fourth-order valence-electron chi connectivity index (χ4n) is 3.38. The molecule has 6 heteroatoms. The molecule has 2 aromatic rings. The number of nitrogens with zero attached hydrogens (tertiary/aromatic N) is 1. The van der Waals surface area contributed by atoms with Crippen molar-refractivity contribution in [1.82, 2.24) is 0 Å². The fraction of sp³-hybridized carbons (Fsp3) is 0.333. The summed E-state index contributed by atoms with van der Waals surface area (Å²) in [6.07, 6.45) is 2.52. The molecule has 1 fully saturated rings. The lowest BCUT2D eigenvalue weighted by atomic mass is 10.1. The van der Waals surface area contributed by atoms with Crippen molar-refractivity contribution in [3.05, 3.63) is 47.5 Å². The topological polar surface area (TPSA) is 53.6 Å². The highest BCUT2D eigenvalue weighted by molar-refractivity contribution is 7.80. The summed E-state index contributed by atoms with van der Waals surface area (Å²) in [6.45, 7) is 4.82. The normalized spacial score (nSPS) is 14.0. The molecule has 2 aromatic carbocycles. The van der Waals surface area contributed by atoms with E-state index >= 15 is 0 Å². The molecular formula is C21H25N3O2S. The minimum absolute atomic E-state index is 0.132. The molecule has 1 amide bonds. The average molecular weight is 384 g/mol. The van der Waals surface area contributed by atoms with Gasteiger partial charge >= 0.3 is 0 Å². The molecule has 0 bridgehead atoms. The summed E-state index contributed by atoms with van der Waals surface area (Å²) >= 11 is 5.45. The highest BCUT2D eigenvalue weighted by Gasteiger charge is 2.23. The lowest BCUT2D eigenvalue weighted by molar-refractivity contribution is -0.119. The van der Waals surface area contributed by atoms with Crippen LogP contribution in [0.3, 0.4) is 0 Å².